The van der Waals surface area contributed by atoms with Crippen molar-refractivity contribution in [2.75, 3.05) is 32.7 Å². The van der Waals surface area contributed by atoms with Gasteiger partial charge in [0, 0.05) is 42.5 Å². The molecule has 3 aromatic rings. The van der Waals surface area contributed by atoms with E-state index >= 15 is 0 Å². The summed E-state index contributed by atoms with van der Waals surface area (Å²) in [6.45, 7) is 20.5. The van der Waals surface area contributed by atoms with Gasteiger partial charge in [0.1, 0.15) is 5.69 Å². The van der Waals surface area contributed by atoms with E-state index in [4.69, 9.17) is 5.10 Å². The van der Waals surface area contributed by atoms with Gasteiger partial charge < -0.3 is 4.90 Å². The van der Waals surface area contributed by atoms with Crippen LogP contribution in [0.4, 0.5) is 0 Å². The summed E-state index contributed by atoms with van der Waals surface area (Å²) >= 11 is 0. The Kier molecular flexibility index (Phi) is 9.89. The Balaban J connectivity index is 1.71. The molecule has 1 saturated heterocycles. The highest BCUT2D eigenvalue weighted by Crippen LogP contribution is 2.31. The van der Waals surface area contributed by atoms with Gasteiger partial charge in [-0.1, -0.05) is 84.9 Å². The third-order valence-corrected chi connectivity index (χ3v) is 8.03. The number of carbonyl (C=O) groups is 1. The molecule has 0 spiro atoms. The molecule has 1 fully saturated rings. The molecule has 0 unspecified atom stereocenters. The van der Waals surface area contributed by atoms with E-state index in [2.05, 4.69) is 101 Å². The number of fused-ring (bicyclic) bond motifs is 1. The molecule has 1 aliphatic rings. The second-order valence-electron chi connectivity index (χ2n) is 13.4. The largest absolute Gasteiger partial charge is 0.339 e. The van der Waals surface area contributed by atoms with Crippen LogP contribution in [0.1, 0.15) is 95.6 Å². The van der Waals surface area contributed by atoms with Gasteiger partial charge in [-0.25, -0.2) is 4.52 Å². The number of likely N-dealkylation sites (tertiary alicyclic amines) is 1. The van der Waals surface area contributed by atoms with Crippen molar-refractivity contribution in [2.24, 2.45) is 11.8 Å². The van der Waals surface area contributed by atoms with Gasteiger partial charge in [-0.2, -0.15) is 5.10 Å². The number of amides is 1. The smallest absolute Gasteiger partial charge is 0.253 e. The Morgan fingerprint density at radius 2 is 1.60 bits per heavy atom. The third-order valence-electron chi connectivity index (χ3n) is 8.03. The first kappa shape index (κ1) is 30.0. The van der Waals surface area contributed by atoms with Crippen LogP contribution >= 0.6 is 0 Å². The van der Waals surface area contributed by atoms with Gasteiger partial charge in [-0.15, -0.1) is 0 Å². The molecule has 5 heteroatoms. The number of carbonyl (C=O) groups excluding carboxylic acids is 1. The van der Waals surface area contributed by atoms with Crippen LogP contribution in [0.25, 0.3) is 22.9 Å². The highest BCUT2D eigenvalue weighted by atomic mass is 16.2. The zero-order chi connectivity index (χ0) is 28.9. The van der Waals surface area contributed by atoms with Crippen molar-refractivity contribution in [1.29, 1.82) is 0 Å². The molecule has 1 amide bonds. The summed E-state index contributed by atoms with van der Waals surface area (Å²) < 4.78 is 1.94. The van der Waals surface area contributed by atoms with Crippen molar-refractivity contribution < 1.29 is 4.79 Å². The zero-order valence-electron chi connectivity index (χ0n) is 25.9. The van der Waals surface area contributed by atoms with E-state index in [1.165, 1.54) is 31.5 Å². The Hall–Kier alpha value is -2.92. The van der Waals surface area contributed by atoms with Gasteiger partial charge in [-0.05, 0) is 73.7 Å². The molecular formula is C35H50N4O. The summed E-state index contributed by atoms with van der Waals surface area (Å²) in [4.78, 5) is 18.3. The minimum absolute atomic E-state index is 0.0994. The van der Waals surface area contributed by atoms with Crippen LogP contribution in [0.15, 0.2) is 48.7 Å². The summed E-state index contributed by atoms with van der Waals surface area (Å²) in [6.07, 6.45) is 11.0. The SMILES string of the molecule is CC(C)CCN(CCC(C)C)C(=O)c1ccn2nc(-c3ccc(C(C)(C)C)cc3)c(C=CCN3CCCC3)c2c1. The van der Waals surface area contributed by atoms with E-state index in [1.807, 2.05) is 16.8 Å². The van der Waals surface area contributed by atoms with E-state index < -0.39 is 0 Å². The first-order valence-corrected chi connectivity index (χ1v) is 15.3. The van der Waals surface area contributed by atoms with Gasteiger partial charge in [0.25, 0.3) is 5.91 Å². The maximum absolute atomic E-state index is 13.8. The lowest BCUT2D eigenvalue weighted by molar-refractivity contribution is 0.0741. The number of hydrogen-bond acceptors (Lipinski definition) is 3. The summed E-state index contributed by atoms with van der Waals surface area (Å²) in [7, 11) is 0. The molecule has 0 atom stereocenters. The average molecular weight is 543 g/mol. The second-order valence-corrected chi connectivity index (χ2v) is 13.4. The summed E-state index contributed by atoms with van der Waals surface area (Å²) in [5, 5.41) is 5.02. The summed E-state index contributed by atoms with van der Waals surface area (Å²) in [5.41, 5.74) is 6.26. The van der Waals surface area contributed by atoms with Crippen LogP contribution in [0.3, 0.4) is 0 Å². The van der Waals surface area contributed by atoms with Gasteiger partial charge in [0.15, 0.2) is 0 Å². The van der Waals surface area contributed by atoms with Crippen molar-refractivity contribution in [1.82, 2.24) is 19.4 Å². The quantitative estimate of drug-likeness (QED) is 0.247. The van der Waals surface area contributed by atoms with Crippen LogP contribution in [-0.2, 0) is 5.41 Å². The van der Waals surface area contributed by atoms with E-state index in [1.54, 1.807) is 0 Å². The zero-order valence-corrected chi connectivity index (χ0v) is 25.9. The molecule has 216 valence electrons. The topological polar surface area (TPSA) is 40.9 Å². The molecular weight excluding hydrogens is 492 g/mol. The normalized spacial score (nSPS) is 14.8. The lowest BCUT2D eigenvalue weighted by Gasteiger charge is -2.24. The number of rotatable bonds is 11. The molecule has 1 aromatic carbocycles. The Morgan fingerprint density at radius 1 is 0.975 bits per heavy atom. The molecule has 5 nitrogen and oxygen atoms in total. The molecule has 0 radical (unpaired) electrons. The van der Waals surface area contributed by atoms with Crippen molar-refractivity contribution >= 4 is 17.5 Å². The summed E-state index contributed by atoms with van der Waals surface area (Å²) in [6, 6.07) is 12.8. The number of benzene rings is 1. The van der Waals surface area contributed by atoms with Crippen LogP contribution in [0, 0.1) is 11.8 Å². The molecule has 0 N–H and O–H groups in total. The van der Waals surface area contributed by atoms with E-state index in [0.717, 1.165) is 60.4 Å². The Labute approximate surface area is 242 Å². The molecule has 40 heavy (non-hydrogen) atoms. The van der Waals surface area contributed by atoms with Crippen molar-refractivity contribution in [2.45, 2.75) is 79.6 Å². The van der Waals surface area contributed by atoms with Crippen LogP contribution in [0.5, 0.6) is 0 Å². The van der Waals surface area contributed by atoms with Crippen LogP contribution in [0.2, 0.25) is 0 Å². The Morgan fingerprint density at radius 3 is 2.17 bits per heavy atom. The van der Waals surface area contributed by atoms with Gasteiger partial charge in [0.2, 0.25) is 0 Å². The fourth-order valence-corrected chi connectivity index (χ4v) is 5.31. The lowest BCUT2D eigenvalue weighted by Crippen LogP contribution is -2.34. The number of nitrogens with zero attached hydrogens (tertiary/aromatic N) is 4. The standard InChI is InChI=1S/C35H50N4O/c1-26(2)16-22-38(23-17-27(3)4)34(40)29-18-24-39-32(25-29)31(11-10-21-37-19-8-9-20-37)33(36-39)28-12-14-30(15-13-28)35(5,6)7/h10-15,18,24-27H,8-9,16-17,19-23H2,1-7H3. The fraction of sp³-hybridized carbons (Fsp3) is 0.543. The first-order chi connectivity index (χ1) is 19.0. The van der Waals surface area contributed by atoms with E-state index in [0.29, 0.717) is 11.8 Å². The van der Waals surface area contributed by atoms with Gasteiger partial charge in [0.05, 0.1) is 5.52 Å². The molecule has 4 rings (SSSR count). The first-order valence-electron chi connectivity index (χ1n) is 15.3. The highest BCUT2D eigenvalue weighted by molar-refractivity contribution is 5.96. The fourth-order valence-electron chi connectivity index (χ4n) is 5.31. The predicted molar refractivity (Wildman–Crippen MR) is 169 cm³/mol. The van der Waals surface area contributed by atoms with Crippen molar-refractivity contribution in [3.8, 4) is 11.3 Å². The molecule has 1 aliphatic heterocycles. The minimum atomic E-state index is 0.0994. The number of pyridine rings is 1. The van der Waals surface area contributed by atoms with Gasteiger partial charge >= 0.3 is 0 Å². The number of hydrogen-bond donors (Lipinski definition) is 0. The molecule has 0 bridgehead atoms. The maximum atomic E-state index is 13.8. The molecule has 0 aliphatic carbocycles. The predicted octanol–water partition coefficient (Wildman–Crippen LogP) is 7.94. The van der Waals surface area contributed by atoms with Crippen LogP contribution < -0.4 is 0 Å². The van der Waals surface area contributed by atoms with E-state index in [9.17, 15) is 4.79 Å². The van der Waals surface area contributed by atoms with E-state index in [-0.39, 0.29) is 11.3 Å². The maximum Gasteiger partial charge on any atom is 0.253 e. The number of aromatic nitrogens is 2. The second kappa shape index (κ2) is 13.2. The monoisotopic (exact) mass is 542 g/mol. The summed E-state index contributed by atoms with van der Waals surface area (Å²) in [5.74, 6) is 1.24. The highest BCUT2D eigenvalue weighted by Gasteiger charge is 2.20. The van der Waals surface area contributed by atoms with Gasteiger partial charge in [-0.3, -0.25) is 9.69 Å². The third kappa shape index (κ3) is 7.63. The Bertz CT molecular complexity index is 1280. The van der Waals surface area contributed by atoms with Crippen molar-refractivity contribution in [3.63, 3.8) is 0 Å². The van der Waals surface area contributed by atoms with Crippen molar-refractivity contribution in [3.05, 3.63) is 65.4 Å². The minimum Gasteiger partial charge on any atom is -0.339 e. The van der Waals surface area contributed by atoms with Crippen LogP contribution in [-0.4, -0.2) is 58.0 Å². The molecule has 0 saturated carbocycles. The molecule has 3 heterocycles. The lowest BCUT2D eigenvalue weighted by atomic mass is 9.86. The average Bonchev–Trinajstić information content (AvgIpc) is 3.55. The molecule has 2 aromatic heterocycles.